The summed E-state index contributed by atoms with van der Waals surface area (Å²) in [7, 11) is 0. The number of rotatable bonds is 8. The molecule has 0 saturated carbocycles. The van der Waals surface area contributed by atoms with E-state index >= 15 is 0 Å². The normalized spacial score (nSPS) is 11.9. The molecule has 1 aromatic carbocycles. The van der Waals surface area contributed by atoms with Gasteiger partial charge in [0, 0.05) is 17.5 Å². The summed E-state index contributed by atoms with van der Waals surface area (Å²) in [6.07, 6.45) is 0. The Hall–Kier alpha value is -2.72. The summed E-state index contributed by atoms with van der Waals surface area (Å²) in [5.41, 5.74) is 2.57. The van der Waals surface area contributed by atoms with Gasteiger partial charge in [0.15, 0.2) is 16.1 Å². The van der Waals surface area contributed by atoms with E-state index in [0.717, 1.165) is 11.3 Å². The van der Waals surface area contributed by atoms with Crippen molar-refractivity contribution in [3.63, 3.8) is 0 Å². The van der Waals surface area contributed by atoms with Crippen LogP contribution in [0.1, 0.15) is 47.3 Å². The van der Waals surface area contributed by atoms with E-state index in [4.69, 9.17) is 0 Å². The zero-order chi connectivity index (χ0) is 21.7. The lowest BCUT2D eigenvalue weighted by atomic mass is 10.1. The maximum atomic E-state index is 12.5. The van der Waals surface area contributed by atoms with E-state index in [9.17, 15) is 9.59 Å². The van der Waals surface area contributed by atoms with E-state index in [0.29, 0.717) is 28.2 Å². The van der Waals surface area contributed by atoms with Gasteiger partial charge in [-0.2, -0.15) is 0 Å². The zero-order valence-electron chi connectivity index (χ0n) is 17.3. The number of thiazole rings is 1. The van der Waals surface area contributed by atoms with Crippen molar-refractivity contribution in [2.45, 2.75) is 45.4 Å². The summed E-state index contributed by atoms with van der Waals surface area (Å²) >= 11 is 2.70. The first-order valence-electron chi connectivity index (χ1n) is 9.52. The van der Waals surface area contributed by atoms with E-state index in [1.807, 2.05) is 49.8 Å². The van der Waals surface area contributed by atoms with E-state index in [1.165, 1.54) is 23.1 Å². The minimum atomic E-state index is -0.326. The highest BCUT2D eigenvalue weighted by atomic mass is 32.2. The number of nitrogens with zero attached hydrogens (tertiary/aromatic N) is 4. The lowest BCUT2D eigenvalue weighted by Gasteiger charge is -2.15. The maximum absolute atomic E-state index is 12.5. The molecule has 0 fully saturated rings. The van der Waals surface area contributed by atoms with Gasteiger partial charge in [0.25, 0.3) is 5.91 Å². The fourth-order valence-electron chi connectivity index (χ4n) is 2.77. The van der Waals surface area contributed by atoms with E-state index < -0.39 is 0 Å². The highest BCUT2D eigenvalue weighted by molar-refractivity contribution is 7.99. The van der Waals surface area contributed by atoms with Gasteiger partial charge in [-0.1, -0.05) is 29.5 Å². The number of aryl methyl sites for hydroxylation is 2. The van der Waals surface area contributed by atoms with Gasteiger partial charge in [-0.3, -0.25) is 9.59 Å². The number of anilines is 1. The van der Waals surface area contributed by atoms with Gasteiger partial charge in [-0.25, -0.2) is 4.98 Å². The Labute approximate surface area is 183 Å². The number of benzene rings is 1. The van der Waals surface area contributed by atoms with Crippen LogP contribution in [0.2, 0.25) is 0 Å². The van der Waals surface area contributed by atoms with Crippen molar-refractivity contribution in [1.29, 1.82) is 0 Å². The smallest absolute Gasteiger partial charge is 0.251 e. The summed E-state index contributed by atoms with van der Waals surface area (Å²) in [6, 6.07) is 7.08. The Kier molecular flexibility index (Phi) is 7.22. The third kappa shape index (κ3) is 5.45. The molecule has 2 aromatic heterocycles. The molecule has 3 rings (SSSR count). The molecular weight excluding hydrogens is 420 g/mol. The standard InChI is InChI=1S/C20H24N6O2S2/c1-5-26-17(14(4)22-18(28)15-8-6-12(2)7-9-15)24-25-20(26)30-11-16(27)23-19-21-13(3)10-29-19/h6-10,14H,5,11H2,1-4H3,(H,22,28)(H,21,23,27)/t14-/m0/s1. The highest BCUT2D eigenvalue weighted by Crippen LogP contribution is 2.22. The quantitative estimate of drug-likeness (QED) is 0.515. The van der Waals surface area contributed by atoms with Crippen LogP contribution in [-0.2, 0) is 11.3 Å². The highest BCUT2D eigenvalue weighted by Gasteiger charge is 2.20. The summed E-state index contributed by atoms with van der Waals surface area (Å²) in [5.74, 6) is 0.528. The molecule has 1 atom stereocenters. The van der Waals surface area contributed by atoms with Crippen molar-refractivity contribution in [3.8, 4) is 0 Å². The number of carbonyl (C=O) groups is 2. The average Bonchev–Trinajstić information content (AvgIpc) is 3.32. The van der Waals surface area contributed by atoms with Crippen LogP contribution >= 0.6 is 23.1 Å². The third-order valence-corrected chi connectivity index (χ3v) is 6.15. The predicted molar refractivity (Wildman–Crippen MR) is 119 cm³/mol. The van der Waals surface area contributed by atoms with Crippen LogP contribution in [0.3, 0.4) is 0 Å². The number of hydrogen-bond donors (Lipinski definition) is 2. The Morgan fingerprint density at radius 1 is 1.20 bits per heavy atom. The molecule has 2 heterocycles. The molecule has 10 heteroatoms. The molecule has 0 aliphatic heterocycles. The van der Waals surface area contributed by atoms with Crippen molar-refractivity contribution in [2.24, 2.45) is 0 Å². The van der Waals surface area contributed by atoms with Crippen molar-refractivity contribution >= 4 is 40.0 Å². The number of thioether (sulfide) groups is 1. The number of hydrogen-bond acceptors (Lipinski definition) is 7. The van der Waals surface area contributed by atoms with Crippen LogP contribution in [-0.4, -0.2) is 37.3 Å². The largest absolute Gasteiger partial charge is 0.342 e. The monoisotopic (exact) mass is 444 g/mol. The van der Waals surface area contributed by atoms with Crippen molar-refractivity contribution in [3.05, 3.63) is 52.3 Å². The van der Waals surface area contributed by atoms with Gasteiger partial charge in [0.1, 0.15) is 0 Å². The lowest BCUT2D eigenvalue weighted by Crippen LogP contribution is -2.28. The first-order chi connectivity index (χ1) is 14.4. The second kappa shape index (κ2) is 9.86. The molecule has 0 aliphatic carbocycles. The zero-order valence-corrected chi connectivity index (χ0v) is 18.9. The topological polar surface area (TPSA) is 102 Å². The van der Waals surface area contributed by atoms with E-state index in [-0.39, 0.29) is 23.6 Å². The predicted octanol–water partition coefficient (Wildman–Crippen LogP) is 3.59. The molecule has 158 valence electrons. The fraction of sp³-hybridized carbons (Fsp3) is 0.350. The summed E-state index contributed by atoms with van der Waals surface area (Å²) in [5, 5.41) is 17.3. The molecule has 2 N–H and O–H groups in total. The maximum Gasteiger partial charge on any atom is 0.251 e. The Bertz CT molecular complexity index is 1030. The molecule has 2 amide bonds. The lowest BCUT2D eigenvalue weighted by molar-refractivity contribution is -0.113. The molecule has 0 bridgehead atoms. The van der Waals surface area contributed by atoms with Gasteiger partial charge in [-0.05, 0) is 39.8 Å². The first kappa shape index (κ1) is 22.0. The molecule has 8 nitrogen and oxygen atoms in total. The van der Waals surface area contributed by atoms with Gasteiger partial charge in [0.2, 0.25) is 5.91 Å². The van der Waals surface area contributed by atoms with E-state index in [2.05, 4.69) is 25.8 Å². The molecular formula is C20H24N6O2S2. The second-order valence-corrected chi connectivity index (χ2v) is 8.58. The molecule has 30 heavy (non-hydrogen) atoms. The van der Waals surface area contributed by atoms with Crippen LogP contribution < -0.4 is 10.6 Å². The van der Waals surface area contributed by atoms with Crippen LogP contribution in [0.15, 0.2) is 34.8 Å². The number of carbonyl (C=O) groups excluding carboxylic acids is 2. The summed E-state index contributed by atoms with van der Waals surface area (Å²) in [6.45, 7) is 8.33. The molecule has 0 aliphatic rings. The van der Waals surface area contributed by atoms with Crippen LogP contribution in [0.4, 0.5) is 5.13 Å². The fourth-order valence-corrected chi connectivity index (χ4v) is 4.28. The second-order valence-electron chi connectivity index (χ2n) is 6.78. The average molecular weight is 445 g/mol. The third-order valence-electron chi connectivity index (χ3n) is 4.31. The van der Waals surface area contributed by atoms with Gasteiger partial charge in [-0.15, -0.1) is 21.5 Å². The number of amides is 2. The molecule has 0 unspecified atom stereocenters. The Balaban J connectivity index is 1.61. The van der Waals surface area contributed by atoms with Crippen LogP contribution in [0, 0.1) is 13.8 Å². The van der Waals surface area contributed by atoms with Gasteiger partial charge in [0.05, 0.1) is 17.5 Å². The summed E-state index contributed by atoms with van der Waals surface area (Å²) in [4.78, 5) is 28.9. The SMILES string of the molecule is CCn1c(SCC(=O)Nc2nc(C)cs2)nnc1[C@H](C)NC(=O)c1ccc(C)cc1. The summed E-state index contributed by atoms with van der Waals surface area (Å²) < 4.78 is 1.91. The molecule has 0 radical (unpaired) electrons. The van der Waals surface area contributed by atoms with E-state index in [1.54, 1.807) is 12.1 Å². The van der Waals surface area contributed by atoms with Crippen molar-refractivity contribution in [1.82, 2.24) is 25.1 Å². The Morgan fingerprint density at radius 2 is 1.93 bits per heavy atom. The molecule has 3 aromatic rings. The number of nitrogens with one attached hydrogen (secondary N) is 2. The molecule has 0 spiro atoms. The molecule has 0 saturated heterocycles. The first-order valence-corrected chi connectivity index (χ1v) is 11.4. The van der Waals surface area contributed by atoms with Crippen molar-refractivity contribution < 1.29 is 9.59 Å². The van der Waals surface area contributed by atoms with Crippen LogP contribution in [0.5, 0.6) is 0 Å². The Morgan fingerprint density at radius 3 is 2.57 bits per heavy atom. The van der Waals surface area contributed by atoms with Crippen LogP contribution in [0.25, 0.3) is 0 Å². The minimum Gasteiger partial charge on any atom is -0.342 e. The van der Waals surface area contributed by atoms with Crippen molar-refractivity contribution in [2.75, 3.05) is 11.1 Å². The van der Waals surface area contributed by atoms with Gasteiger partial charge >= 0.3 is 0 Å². The number of aromatic nitrogens is 4. The van der Waals surface area contributed by atoms with Gasteiger partial charge < -0.3 is 15.2 Å². The minimum absolute atomic E-state index is 0.151.